The van der Waals surface area contributed by atoms with Gasteiger partial charge in [0.05, 0.1) is 17.4 Å². The van der Waals surface area contributed by atoms with Crippen LogP contribution in [0.5, 0.6) is 0 Å². The molecule has 8 nitrogen and oxygen atoms in total. The van der Waals surface area contributed by atoms with Gasteiger partial charge in [0.25, 0.3) is 5.56 Å². The van der Waals surface area contributed by atoms with Crippen molar-refractivity contribution in [3.63, 3.8) is 0 Å². The van der Waals surface area contributed by atoms with E-state index >= 15 is 0 Å². The quantitative estimate of drug-likeness (QED) is 0.701. The number of nitrogens with one attached hydrogen (secondary N) is 2. The number of hydrogen-bond acceptors (Lipinski definition) is 5. The van der Waals surface area contributed by atoms with E-state index in [2.05, 4.69) is 39.4 Å². The Bertz CT molecular complexity index is 1140. The van der Waals surface area contributed by atoms with E-state index < -0.39 is 5.69 Å². The Hall–Kier alpha value is -2.71. The van der Waals surface area contributed by atoms with Crippen LogP contribution in [0.3, 0.4) is 0 Å². The zero-order valence-corrected chi connectivity index (χ0v) is 15.9. The first-order valence-corrected chi connectivity index (χ1v) is 9.87. The predicted octanol–water partition coefficient (Wildman–Crippen LogP) is 0.845. The molecule has 8 heteroatoms. The first kappa shape index (κ1) is 17.4. The Morgan fingerprint density at radius 3 is 2.93 bits per heavy atom. The summed E-state index contributed by atoms with van der Waals surface area (Å²) in [6.45, 7) is 6.09. The van der Waals surface area contributed by atoms with Crippen molar-refractivity contribution in [1.82, 2.24) is 29.4 Å². The number of pyridine rings is 1. The lowest BCUT2D eigenvalue weighted by Crippen LogP contribution is -2.48. The van der Waals surface area contributed by atoms with Crippen LogP contribution in [-0.4, -0.2) is 49.7 Å². The second-order valence-corrected chi connectivity index (χ2v) is 7.97. The molecular weight excluding hydrogens is 356 g/mol. The van der Waals surface area contributed by atoms with Crippen LogP contribution in [-0.2, 0) is 6.54 Å². The van der Waals surface area contributed by atoms with Crippen molar-refractivity contribution >= 4 is 5.52 Å². The molecule has 146 valence electrons. The molecule has 1 saturated heterocycles. The monoisotopic (exact) mass is 380 g/mol. The van der Waals surface area contributed by atoms with E-state index in [9.17, 15) is 9.59 Å². The topological polar surface area (TPSA) is 87.4 Å². The number of aromatic nitrogens is 4. The highest BCUT2D eigenvalue weighted by molar-refractivity contribution is 5.64. The average molecular weight is 380 g/mol. The highest BCUT2D eigenvalue weighted by Crippen LogP contribution is 2.38. The molecule has 28 heavy (non-hydrogen) atoms. The van der Waals surface area contributed by atoms with Gasteiger partial charge in [0.2, 0.25) is 0 Å². The van der Waals surface area contributed by atoms with Crippen LogP contribution in [0, 0.1) is 0 Å². The van der Waals surface area contributed by atoms with Gasteiger partial charge >= 0.3 is 5.69 Å². The molecule has 3 aromatic rings. The van der Waals surface area contributed by atoms with Gasteiger partial charge in [-0.3, -0.25) is 19.2 Å². The summed E-state index contributed by atoms with van der Waals surface area (Å²) in [5.41, 5.74) is 2.72. The minimum Gasteiger partial charge on any atom is -0.312 e. The summed E-state index contributed by atoms with van der Waals surface area (Å²) >= 11 is 0. The fourth-order valence-electron chi connectivity index (χ4n) is 4.06. The standard InChI is InChI=1S/C20H24N6O2/c1-13-10-24(7-5-21-13)11-14-4-6-26-17(8-14)18(9-22-26)25-12-16(15-2-3-15)19(27)23-20(25)28/h4,6,8-9,12-13,15,21H,2-3,5,7,10-11H2,1H3,(H,23,27,28)/t13-/m0/s1. The molecule has 4 heterocycles. The number of piperazine rings is 1. The molecule has 2 N–H and O–H groups in total. The van der Waals surface area contributed by atoms with Crippen molar-refractivity contribution < 1.29 is 0 Å². The lowest BCUT2D eigenvalue weighted by Gasteiger charge is -2.31. The maximum absolute atomic E-state index is 12.5. The molecule has 1 atom stereocenters. The molecule has 0 unspecified atom stereocenters. The smallest absolute Gasteiger partial charge is 0.312 e. The molecule has 0 amide bonds. The summed E-state index contributed by atoms with van der Waals surface area (Å²) < 4.78 is 3.29. The molecule has 0 spiro atoms. The van der Waals surface area contributed by atoms with E-state index in [0.29, 0.717) is 17.3 Å². The minimum absolute atomic E-state index is 0.266. The van der Waals surface area contributed by atoms with Crippen LogP contribution in [0.4, 0.5) is 0 Å². The lowest BCUT2D eigenvalue weighted by molar-refractivity contribution is 0.199. The first-order valence-electron chi connectivity index (χ1n) is 9.87. The SMILES string of the molecule is C[C@H]1CN(Cc2ccn3ncc(-n4cc(C5CC5)c(=O)[nH]c4=O)c3c2)CCN1. The third-order valence-corrected chi connectivity index (χ3v) is 5.67. The Morgan fingerprint density at radius 2 is 2.14 bits per heavy atom. The minimum atomic E-state index is -0.425. The molecule has 1 saturated carbocycles. The molecule has 1 aliphatic carbocycles. The van der Waals surface area contributed by atoms with Gasteiger partial charge in [-0.1, -0.05) is 0 Å². The molecule has 0 bridgehead atoms. The molecule has 0 radical (unpaired) electrons. The number of nitrogens with zero attached hydrogens (tertiary/aromatic N) is 4. The Kier molecular flexibility index (Phi) is 4.17. The number of rotatable bonds is 4. The summed E-state index contributed by atoms with van der Waals surface area (Å²) in [6, 6.07) is 4.65. The highest BCUT2D eigenvalue weighted by Gasteiger charge is 2.27. The van der Waals surface area contributed by atoms with Crippen molar-refractivity contribution in [1.29, 1.82) is 0 Å². The zero-order chi connectivity index (χ0) is 19.3. The second kappa shape index (κ2) is 6.72. The van der Waals surface area contributed by atoms with E-state index in [1.165, 1.54) is 10.1 Å². The summed E-state index contributed by atoms with van der Waals surface area (Å²) in [4.78, 5) is 29.5. The Morgan fingerprint density at radius 1 is 1.29 bits per heavy atom. The van der Waals surface area contributed by atoms with Gasteiger partial charge in [0.1, 0.15) is 0 Å². The molecule has 1 aliphatic heterocycles. The van der Waals surface area contributed by atoms with E-state index in [-0.39, 0.29) is 11.5 Å². The largest absolute Gasteiger partial charge is 0.333 e. The number of H-pyrrole nitrogens is 1. The summed E-state index contributed by atoms with van der Waals surface area (Å²) in [6.07, 6.45) is 7.31. The summed E-state index contributed by atoms with van der Waals surface area (Å²) in [5, 5.41) is 7.85. The van der Waals surface area contributed by atoms with E-state index in [1.54, 1.807) is 16.9 Å². The van der Waals surface area contributed by atoms with Crippen molar-refractivity contribution in [2.45, 2.75) is 38.3 Å². The van der Waals surface area contributed by atoms with Crippen molar-refractivity contribution in [2.75, 3.05) is 19.6 Å². The zero-order valence-electron chi connectivity index (χ0n) is 15.9. The fourth-order valence-corrected chi connectivity index (χ4v) is 4.06. The van der Waals surface area contributed by atoms with Crippen LogP contribution >= 0.6 is 0 Å². The van der Waals surface area contributed by atoms with Crippen LogP contribution in [0.15, 0.2) is 40.3 Å². The predicted molar refractivity (Wildman–Crippen MR) is 106 cm³/mol. The van der Waals surface area contributed by atoms with E-state index in [0.717, 1.165) is 44.5 Å². The van der Waals surface area contributed by atoms with E-state index in [1.807, 2.05) is 6.20 Å². The van der Waals surface area contributed by atoms with Crippen LogP contribution < -0.4 is 16.6 Å². The third kappa shape index (κ3) is 3.18. The van der Waals surface area contributed by atoms with Gasteiger partial charge < -0.3 is 5.32 Å². The van der Waals surface area contributed by atoms with Gasteiger partial charge in [-0.2, -0.15) is 5.10 Å². The van der Waals surface area contributed by atoms with Crippen LogP contribution in [0.25, 0.3) is 11.2 Å². The Balaban J connectivity index is 1.53. The Labute approximate surface area is 161 Å². The highest BCUT2D eigenvalue weighted by atomic mass is 16.2. The maximum Gasteiger partial charge on any atom is 0.333 e. The third-order valence-electron chi connectivity index (χ3n) is 5.67. The van der Waals surface area contributed by atoms with Crippen molar-refractivity contribution in [3.8, 4) is 5.69 Å². The molecule has 3 aromatic heterocycles. The van der Waals surface area contributed by atoms with Crippen molar-refractivity contribution in [2.24, 2.45) is 0 Å². The van der Waals surface area contributed by atoms with Crippen molar-refractivity contribution in [3.05, 3.63) is 62.7 Å². The number of fused-ring (bicyclic) bond motifs is 1. The van der Waals surface area contributed by atoms with Gasteiger partial charge in [0.15, 0.2) is 0 Å². The average Bonchev–Trinajstić information content (AvgIpc) is 3.42. The van der Waals surface area contributed by atoms with Gasteiger partial charge in [-0.25, -0.2) is 9.31 Å². The molecule has 2 aliphatic rings. The van der Waals surface area contributed by atoms with Gasteiger partial charge in [0, 0.05) is 50.2 Å². The van der Waals surface area contributed by atoms with Crippen LogP contribution in [0.1, 0.15) is 36.8 Å². The maximum atomic E-state index is 12.5. The molecule has 2 fully saturated rings. The molecule has 0 aromatic carbocycles. The fraction of sp³-hybridized carbons (Fsp3) is 0.450. The summed E-state index contributed by atoms with van der Waals surface area (Å²) in [5.74, 6) is 0.266. The second-order valence-electron chi connectivity index (χ2n) is 7.97. The summed E-state index contributed by atoms with van der Waals surface area (Å²) in [7, 11) is 0. The lowest BCUT2D eigenvalue weighted by atomic mass is 10.1. The normalized spacial score (nSPS) is 20.7. The number of hydrogen-bond donors (Lipinski definition) is 2. The molecule has 5 rings (SSSR count). The van der Waals surface area contributed by atoms with Crippen LogP contribution in [0.2, 0.25) is 0 Å². The number of aromatic amines is 1. The van der Waals surface area contributed by atoms with E-state index in [4.69, 9.17) is 0 Å². The molecular formula is C20H24N6O2. The van der Waals surface area contributed by atoms with Gasteiger partial charge in [-0.15, -0.1) is 0 Å². The van der Waals surface area contributed by atoms with Gasteiger partial charge in [-0.05, 0) is 43.4 Å². The first-order chi connectivity index (χ1) is 13.6.